The van der Waals surface area contributed by atoms with Gasteiger partial charge in [-0.25, -0.2) is 0 Å². The molecule has 3 nitrogen and oxygen atoms in total. The topological polar surface area (TPSA) is 29.5 Å². The molecular formula is C17H19NO2. The van der Waals surface area contributed by atoms with E-state index < -0.39 is 0 Å². The van der Waals surface area contributed by atoms with Gasteiger partial charge in [-0.15, -0.1) is 0 Å². The molecule has 0 heterocycles. The Bertz CT molecular complexity index is 571. The van der Waals surface area contributed by atoms with Gasteiger partial charge in [0.05, 0.1) is 7.11 Å². The van der Waals surface area contributed by atoms with Crippen molar-refractivity contribution in [3.63, 3.8) is 0 Å². The highest BCUT2D eigenvalue weighted by Gasteiger charge is 2.07. The highest BCUT2D eigenvalue weighted by Crippen LogP contribution is 2.16. The van der Waals surface area contributed by atoms with Gasteiger partial charge in [0.1, 0.15) is 5.75 Å². The molecule has 0 radical (unpaired) electrons. The van der Waals surface area contributed by atoms with E-state index in [-0.39, 0.29) is 5.78 Å². The van der Waals surface area contributed by atoms with Crippen LogP contribution in [0.15, 0.2) is 48.5 Å². The SMILES string of the molecule is COc1ccc(CC(=O)c2ccc(N(C)C)cc2)cc1. The lowest BCUT2D eigenvalue weighted by Crippen LogP contribution is -2.09. The maximum atomic E-state index is 12.2. The second-order valence-electron chi connectivity index (χ2n) is 4.89. The molecule has 0 amide bonds. The Morgan fingerprint density at radius 2 is 1.60 bits per heavy atom. The lowest BCUT2D eigenvalue weighted by atomic mass is 10.0. The van der Waals surface area contributed by atoms with Gasteiger partial charge < -0.3 is 9.64 Å². The van der Waals surface area contributed by atoms with Crippen molar-refractivity contribution in [3.05, 3.63) is 59.7 Å². The van der Waals surface area contributed by atoms with E-state index in [1.165, 1.54) is 0 Å². The normalized spacial score (nSPS) is 10.2. The smallest absolute Gasteiger partial charge is 0.167 e. The number of ketones is 1. The van der Waals surface area contributed by atoms with Crippen LogP contribution in [0.1, 0.15) is 15.9 Å². The Kier molecular flexibility index (Phi) is 4.41. The molecule has 0 aliphatic heterocycles. The third-order valence-corrected chi connectivity index (χ3v) is 3.23. The summed E-state index contributed by atoms with van der Waals surface area (Å²) in [5, 5.41) is 0. The number of Topliss-reactive ketones (excluding diaryl/α,β-unsaturated/α-hetero) is 1. The summed E-state index contributed by atoms with van der Waals surface area (Å²) in [6.07, 6.45) is 0.408. The van der Waals surface area contributed by atoms with Crippen LogP contribution in [0.25, 0.3) is 0 Å². The lowest BCUT2D eigenvalue weighted by molar-refractivity contribution is 0.0993. The van der Waals surface area contributed by atoms with E-state index >= 15 is 0 Å². The first-order valence-electron chi connectivity index (χ1n) is 6.53. The van der Waals surface area contributed by atoms with E-state index in [0.29, 0.717) is 6.42 Å². The minimum atomic E-state index is 0.125. The number of nitrogens with zero attached hydrogens (tertiary/aromatic N) is 1. The maximum absolute atomic E-state index is 12.2. The largest absolute Gasteiger partial charge is 0.497 e. The highest BCUT2D eigenvalue weighted by atomic mass is 16.5. The van der Waals surface area contributed by atoms with E-state index in [2.05, 4.69) is 0 Å². The quantitative estimate of drug-likeness (QED) is 0.781. The van der Waals surface area contributed by atoms with Gasteiger partial charge in [-0.1, -0.05) is 12.1 Å². The van der Waals surface area contributed by atoms with Crippen molar-refractivity contribution in [1.29, 1.82) is 0 Å². The Hall–Kier alpha value is -2.29. The molecule has 0 fully saturated rings. The zero-order chi connectivity index (χ0) is 14.5. The molecule has 3 heteroatoms. The van der Waals surface area contributed by atoms with Crippen LogP contribution < -0.4 is 9.64 Å². The zero-order valence-electron chi connectivity index (χ0n) is 12.1. The van der Waals surface area contributed by atoms with E-state index in [9.17, 15) is 4.79 Å². The second-order valence-corrected chi connectivity index (χ2v) is 4.89. The third kappa shape index (κ3) is 3.38. The molecule has 2 rings (SSSR count). The van der Waals surface area contributed by atoms with Crippen LogP contribution in [0.5, 0.6) is 5.75 Å². The third-order valence-electron chi connectivity index (χ3n) is 3.23. The lowest BCUT2D eigenvalue weighted by Gasteiger charge is -2.12. The molecule has 104 valence electrons. The fraction of sp³-hybridized carbons (Fsp3) is 0.235. The molecule has 0 aliphatic rings. The monoisotopic (exact) mass is 269 g/mol. The van der Waals surface area contributed by atoms with Crippen molar-refractivity contribution in [2.75, 3.05) is 26.1 Å². The average Bonchev–Trinajstić information content (AvgIpc) is 2.48. The molecule has 2 aromatic rings. The number of anilines is 1. The Labute approximate surface area is 119 Å². The molecule has 0 unspecified atom stereocenters. The summed E-state index contributed by atoms with van der Waals surface area (Å²) < 4.78 is 5.10. The number of benzene rings is 2. The first kappa shape index (κ1) is 14.1. The number of hydrogen-bond donors (Lipinski definition) is 0. The fourth-order valence-corrected chi connectivity index (χ4v) is 1.98. The van der Waals surface area contributed by atoms with Crippen LogP contribution >= 0.6 is 0 Å². The first-order valence-corrected chi connectivity index (χ1v) is 6.53. The maximum Gasteiger partial charge on any atom is 0.167 e. The van der Waals surface area contributed by atoms with Crippen molar-refractivity contribution in [3.8, 4) is 5.75 Å². The summed E-state index contributed by atoms with van der Waals surface area (Å²) in [4.78, 5) is 14.2. The fourth-order valence-electron chi connectivity index (χ4n) is 1.98. The first-order chi connectivity index (χ1) is 9.60. The number of ether oxygens (including phenoxy) is 1. The van der Waals surface area contributed by atoms with Crippen molar-refractivity contribution in [2.24, 2.45) is 0 Å². The van der Waals surface area contributed by atoms with Crippen molar-refractivity contribution < 1.29 is 9.53 Å². The molecule has 0 saturated heterocycles. The van der Waals surface area contributed by atoms with Gasteiger partial charge in [0.25, 0.3) is 0 Å². The van der Waals surface area contributed by atoms with Crippen LogP contribution in [0.3, 0.4) is 0 Å². The number of carbonyl (C=O) groups is 1. The van der Waals surface area contributed by atoms with Gasteiger partial charge in [-0.3, -0.25) is 4.79 Å². The highest BCUT2D eigenvalue weighted by molar-refractivity contribution is 5.97. The molecule has 0 aliphatic carbocycles. The summed E-state index contributed by atoms with van der Waals surface area (Å²) >= 11 is 0. The molecular weight excluding hydrogens is 250 g/mol. The van der Waals surface area contributed by atoms with Gasteiger partial charge in [0, 0.05) is 31.8 Å². The van der Waals surface area contributed by atoms with E-state index in [1.54, 1.807) is 7.11 Å². The second kappa shape index (κ2) is 6.24. The predicted molar refractivity (Wildman–Crippen MR) is 81.8 cm³/mol. The summed E-state index contributed by atoms with van der Waals surface area (Å²) in [6, 6.07) is 15.3. The van der Waals surface area contributed by atoms with Crippen LogP contribution in [0, 0.1) is 0 Å². The summed E-state index contributed by atoms with van der Waals surface area (Å²) in [5.41, 5.74) is 2.82. The molecule has 0 bridgehead atoms. The minimum absolute atomic E-state index is 0.125. The molecule has 2 aromatic carbocycles. The van der Waals surface area contributed by atoms with Gasteiger partial charge in [0.2, 0.25) is 0 Å². The minimum Gasteiger partial charge on any atom is -0.497 e. The van der Waals surface area contributed by atoms with Gasteiger partial charge in [-0.05, 0) is 42.0 Å². The zero-order valence-corrected chi connectivity index (χ0v) is 12.1. The van der Waals surface area contributed by atoms with Gasteiger partial charge in [0.15, 0.2) is 5.78 Å². The Balaban J connectivity index is 2.07. The summed E-state index contributed by atoms with van der Waals surface area (Å²) in [5.74, 6) is 0.928. The molecule has 0 spiro atoms. The molecule has 20 heavy (non-hydrogen) atoms. The molecule has 0 N–H and O–H groups in total. The van der Waals surface area contributed by atoms with Crippen LogP contribution in [-0.2, 0) is 6.42 Å². The predicted octanol–water partition coefficient (Wildman–Crippen LogP) is 3.19. The van der Waals surface area contributed by atoms with Crippen molar-refractivity contribution >= 4 is 11.5 Å². The standard InChI is InChI=1S/C17H19NO2/c1-18(2)15-8-6-14(7-9-15)17(19)12-13-4-10-16(20-3)11-5-13/h4-11H,12H2,1-3H3. The van der Waals surface area contributed by atoms with Gasteiger partial charge >= 0.3 is 0 Å². The Morgan fingerprint density at radius 1 is 1.00 bits per heavy atom. The van der Waals surface area contributed by atoms with Crippen LogP contribution in [0.2, 0.25) is 0 Å². The van der Waals surface area contributed by atoms with Crippen molar-refractivity contribution in [2.45, 2.75) is 6.42 Å². The van der Waals surface area contributed by atoms with E-state index in [1.807, 2.05) is 67.5 Å². The molecule has 0 aromatic heterocycles. The van der Waals surface area contributed by atoms with Crippen molar-refractivity contribution in [1.82, 2.24) is 0 Å². The number of methoxy groups -OCH3 is 1. The van der Waals surface area contributed by atoms with E-state index in [0.717, 1.165) is 22.6 Å². The number of rotatable bonds is 5. The van der Waals surface area contributed by atoms with E-state index in [4.69, 9.17) is 4.74 Å². The van der Waals surface area contributed by atoms with Crippen LogP contribution in [0.4, 0.5) is 5.69 Å². The van der Waals surface area contributed by atoms with Crippen LogP contribution in [-0.4, -0.2) is 27.0 Å². The summed E-state index contributed by atoms with van der Waals surface area (Å²) in [6.45, 7) is 0. The van der Waals surface area contributed by atoms with Gasteiger partial charge in [-0.2, -0.15) is 0 Å². The average molecular weight is 269 g/mol. The molecule has 0 atom stereocenters. The number of carbonyl (C=O) groups excluding carboxylic acids is 1. The molecule has 0 saturated carbocycles. The summed E-state index contributed by atoms with van der Waals surface area (Å²) in [7, 11) is 5.59. The Morgan fingerprint density at radius 3 is 2.10 bits per heavy atom. The number of hydrogen-bond acceptors (Lipinski definition) is 3.